The molecule has 3 rings (SSSR count). The number of rotatable bonds is 3. The second-order valence-corrected chi connectivity index (χ2v) is 4.30. The lowest BCUT2D eigenvalue weighted by molar-refractivity contribution is 1.36. The van der Waals surface area contributed by atoms with Gasteiger partial charge in [0, 0.05) is 6.21 Å². The summed E-state index contributed by atoms with van der Waals surface area (Å²) in [4.78, 5) is 0. The van der Waals surface area contributed by atoms with Crippen molar-refractivity contribution in [2.24, 2.45) is 5.10 Å². The van der Waals surface area contributed by atoms with E-state index in [1.165, 1.54) is 16.7 Å². The Morgan fingerprint density at radius 2 is 1.63 bits per heavy atom. The number of hydrogen-bond donors (Lipinski definition) is 1. The van der Waals surface area contributed by atoms with Crippen molar-refractivity contribution in [1.29, 1.82) is 0 Å². The van der Waals surface area contributed by atoms with Crippen LogP contribution in [0.25, 0.3) is 11.6 Å². The number of nitrogens with zero attached hydrogens (tertiary/aromatic N) is 1. The molecule has 2 aromatic rings. The van der Waals surface area contributed by atoms with Crippen molar-refractivity contribution in [3.05, 3.63) is 77.9 Å². The first-order chi connectivity index (χ1) is 9.43. The second kappa shape index (κ2) is 5.36. The van der Waals surface area contributed by atoms with Gasteiger partial charge in [0.25, 0.3) is 0 Å². The van der Waals surface area contributed by atoms with Crippen molar-refractivity contribution in [2.75, 3.05) is 5.43 Å². The first kappa shape index (κ1) is 11.5. The number of para-hydroxylation sites is 1. The van der Waals surface area contributed by atoms with Crippen LogP contribution >= 0.6 is 0 Å². The molecule has 0 aliphatic heterocycles. The van der Waals surface area contributed by atoms with Crippen molar-refractivity contribution in [1.82, 2.24) is 0 Å². The van der Waals surface area contributed by atoms with Gasteiger partial charge in [-0.25, -0.2) is 0 Å². The Bertz CT molecular complexity index is 652. The maximum atomic E-state index is 4.19. The Hall–Kier alpha value is -2.61. The number of fused-ring (bicyclic) bond motifs is 1. The highest BCUT2D eigenvalue weighted by atomic mass is 15.3. The number of anilines is 1. The monoisotopic (exact) mass is 246 g/mol. The van der Waals surface area contributed by atoms with Crippen LogP contribution in [0.4, 0.5) is 5.69 Å². The number of benzene rings is 2. The minimum Gasteiger partial charge on any atom is -0.279 e. The average Bonchev–Trinajstić information content (AvgIpc) is 2.88. The zero-order chi connectivity index (χ0) is 12.9. The molecule has 1 N–H and O–H groups in total. The molecule has 1 aliphatic carbocycles. The van der Waals surface area contributed by atoms with Crippen LogP contribution in [-0.2, 0) is 0 Å². The van der Waals surface area contributed by atoms with Crippen LogP contribution in [0.15, 0.2) is 71.9 Å². The highest BCUT2D eigenvalue weighted by molar-refractivity contribution is 5.96. The van der Waals surface area contributed by atoms with Crippen LogP contribution in [-0.4, -0.2) is 6.21 Å². The van der Waals surface area contributed by atoms with Gasteiger partial charge in [0.2, 0.25) is 0 Å². The first-order valence-corrected chi connectivity index (χ1v) is 6.25. The first-order valence-electron chi connectivity index (χ1n) is 6.25. The molecule has 19 heavy (non-hydrogen) atoms. The third-order valence-electron chi connectivity index (χ3n) is 3.01. The fourth-order valence-corrected chi connectivity index (χ4v) is 2.06. The van der Waals surface area contributed by atoms with Crippen molar-refractivity contribution in [3.8, 4) is 0 Å². The quantitative estimate of drug-likeness (QED) is 0.637. The van der Waals surface area contributed by atoms with E-state index in [0.717, 1.165) is 5.69 Å². The van der Waals surface area contributed by atoms with Crippen LogP contribution < -0.4 is 5.43 Å². The summed E-state index contributed by atoms with van der Waals surface area (Å²) in [6, 6.07) is 18.3. The van der Waals surface area contributed by atoms with Gasteiger partial charge in [-0.1, -0.05) is 54.6 Å². The predicted octanol–water partition coefficient (Wildman–Crippen LogP) is 4.19. The lowest BCUT2D eigenvalue weighted by atomic mass is 10.1. The van der Waals surface area contributed by atoms with Gasteiger partial charge in [0.15, 0.2) is 0 Å². The molecular weight excluding hydrogens is 232 g/mol. The zero-order valence-corrected chi connectivity index (χ0v) is 10.5. The molecular formula is C17H14N2. The number of allylic oxidation sites excluding steroid dienone is 3. The van der Waals surface area contributed by atoms with Gasteiger partial charge in [-0.05, 0) is 34.9 Å². The van der Waals surface area contributed by atoms with Gasteiger partial charge in [-0.2, -0.15) is 5.10 Å². The Morgan fingerprint density at radius 3 is 2.53 bits per heavy atom. The molecule has 0 aromatic heterocycles. The lowest BCUT2D eigenvalue weighted by Gasteiger charge is -1.99. The highest BCUT2D eigenvalue weighted by Gasteiger charge is 2.07. The van der Waals surface area contributed by atoms with E-state index in [1.807, 2.05) is 36.4 Å². The molecule has 1 aliphatic rings. The molecule has 2 aromatic carbocycles. The molecule has 0 bridgehead atoms. The average molecular weight is 246 g/mol. The Morgan fingerprint density at radius 1 is 0.842 bits per heavy atom. The van der Waals surface area contributed by atoms with Gasteiger partial charge in [0.05, 0.1) is 5.69 Å². The minimum atomic E-state index is 0.986. The fraction of sp³-hybridized carbons (Fsp3) is 0. The van der Waals surface area contributed by atoms with E-state index in [0.29, 0.717) is 0 Å². The molecule has 0 saturated carbocycles. The molecule has 0 heterocycles. The van der Waals surface area contributed by atoms with Crippen LogP contribution in [0.1, 0.15) is 11.1 Å². The van der Waals surface area contributed by atoms with E-state index in [4.69, 9.17) is 0 Å². The van der Waals surface area contributed by atoms with Gasteiger partial charge in [-0.3, -0.25) is 5.43 Å². The molecule has 0 fully saturated rings. The largest absolute Gasteiger partial charge is 0.279 e. The van der Waals surface area contributed by atoms with E-state index in [9.17, 15) is 0 Å². The SMILES string of the molecule is C1=Cc2ccccc2/C1=C/C=N/Nc1ccccc1. The van der Waals surface area contributed by atoms with Crippen molar-refractivity contribution in [3.63, 3.8) is 0 Å². The van der Waals surface area contributed by atoms with E-state index < -0.39 is 0 Å². The third kappa shape index (κ3) is 2.63. The van der Waals surface area contributed by atoms with Gasteiger partial charge in [-0.15, -0.1) is 0 Å². The van der Waals surface area contributed by atoms with Gasteiger partial charge >= 0.3 is 0 Å². The summed E-state index contributed by atoms with van der Waals surface area (Å²) < 4.78 is 0. The molecule has 0 amide bonds. The molecule has 2 heteroatoms. The second-order valence-electron chi connectivity index (χ2n) is 4.30. The summed E-state index contributed by atoms with van der Waals surface area (Å²) in [7, 11) is 0. The number of hydrogen-bond acceptors (Lipinski definition) is 2. The van der Waals surface area contributed by atoms with Crippen LogP contribution in [0.5, 0.6) is 0 Å². The standard InChI is InChI=1S/C17H14N2/c1-2-7-16(8-3-1)19-18-13-12-15-11-10-14-6-4-5-9-17(14)15/h1-13,19H/b15-12+,18-13+. The molecule has 92 valence electrons. The summed E-state index contributed by atoms with van der Waals surface area (Å²) in [5, 5.41) is 4.19. The molecule has 0 unspecified atom stereocenters. The highest BCUT2D eigenvalue weighted by Crippen LogP contribution is 2.27. The summed E-state index contributed by atoms with van der Waals surface area (Å²) in [5.41, 5.74) is 7.69. The molecule has 2 nitrogen and oxygen atoms in total. The van der Waals surface area contributed by atoms with Crippen LogP contribution in [0, 0.1) is 0 Å². The summed E-state index contributed by atoms with van der Waals surface area (Å²) in [5.74, 6) is 0. The predicted molar refractivity (Wildman–Crippen MR) is 82.0 cm³/mol. The van der Waals surface area contributed by atoms with Crippen LogP contribution in [0.2, 0.25) is 0 Å². The van der Waals surface area contributed by atoms with Gasteiger partial charge in [0.1, 0.15) is 0 Å². The van der Waals surface area contributed by atoms with Crippen molar-refractivity contribution in [2.45, 2.75) is 0 Å². The third-order valence-corrected chi connectivity index (χ3v) is 3.01. The van der Waals surface area contributed by atoms with Crippen LogP contribution in [0.3, 0.4) is 0 Å². The minimum absolute atomic E-state index is 0.986. The van der Waals surface area contributed by atoms with E-state index in [1.54, 1.807) is 6.21 Å². The number of hydrazone groups is 1. The Labute approximate surface area is 112 Å². The molecule has 0 spiro atoms. The normalized spacial score (nSPS) is 15.1. The smallest absolute Gasteiger partial charge is 0.0561 e. The fourth-order valence-electron chi connectivity index (χ4n) is 2.06. The summed E-state index contributed by atoms with van der Waals surface area (Å²) in [6.45, 7) is 0. The summed E-state index contributed by atoms with van der Waals surface area (Å²) >= 11 is 0. The van der Waals surface area contributed by atoms with Crippen molar-refractivity contribution < 1.29 is 0 Å². The van der Waals surface area contributed by atoms with E-state index >= 15 is 0 Å². The maximum absolute atomic E-state index is 4.19. The molecule has 0 atom stereocenters. The lowest BCUT2D eigenvalue weighted by Crippen LogP contribution is -1.87. The Balaban J connectivity index is 1.70. The van der Waals surface area contributed by atoms with Gasteiger partial charge < -0.3 is 0 Å². The molecule has 0 saturated heterocycles. The number of nitrogens with one attached hydrogen (secondary N) is 1. The maximum Gasteiger partial charge on any atom is 0.0561 e. The topological polar surface area (TPSA) is 24.4 Å². The Kier molecular flexibility index (Phi) is 3.24. The van der Waals surface area contributed by atoms with E-state index in [-0.39, 0.29) is 0 Å². The van der Waals surface area contributed by atoms with E-state index in [2.05, 4.69) is 46.9 Å². The summed E-state index contributed by atoms with van der Waals surface area (Å²) in [6.07, 6.45) is 8.03. The van der Waals surface area contributed by atoms with Crippen molar-refractivity contribution >= 4 is 23.6 Å². The zero-order valence-electron chi connectivity index (χ0n) is 10.5. The molecule has 0 radical (unpaired) electrons.